The van der Waals surface area contributed by atoms with E-state index in [9.17, 15) is 20.3 Å². The number of unbranched alkanes of at least 4 members (excludes halogenated alkanes) is 5. The number of rotatable bonds is 15. The van der Waals surface area contributed by atoms with Crippen molar-refractivity contribution in [2.45, 2.75) is 130 Å². The molecule has 4 N–H and O–H groups in total. The van der Waals surface area contributed by atoms with Gasteiger partial charge in [-0.05, 0) is 84.9 Å². The molecule has 0 aliphatic heterocycles. The minimum Gasteiger partial charge on any atom is -0.423 e. The van der Waals surface area contributed by atoms with Gasteiger partial charge in [0.1, 0.15) is 0 Å². The molecule has 1 aromatic heterocycles. The molecule has 41 heavy (non-hydrogen) atoms. The summed E-state index contributed by atoms with van der Waals surface area (Å²) < 4.78 is 14.1. The Morgan fingerprint density at radius 2 is 1.02 bits per heavy atom. The van der Waals surface area contributed by atoms with E-state index in [2.05, 4.69) is 11.5 Å². The van der Waals surface area contributed by atoms with Crippen LogP contribution in [0.25, 0.3) is 21.8 Å². The highest BCUT2D eigenvalue weighted by Crippen LogP contribution is 2.31. The Hall–Kier alpha value is -1.87. The van der Waals surface area contributed by atoms with Crippen molar-refractivity contribution < 1.29 is 29.6 Å². The number of aliphatic hydroxyl groups is 2. The largest absolute Gasteiger partial charge is 0.491 e. The lowest BCUT2D eigenvalue weighted by Crippen LogP contribution is -2.53. The second-order valence-corrected chi connectivity index (χ2v) is 13.6. The molecule has 226 valence electrons. The fourth-order valence-electron chi connectivity index (χ4n) is 4.71. The van der Waals surface area contributed by atoms with Gasteiger partial charge in [-0.3, -0.25) is 0 Å². The van der Waals surface area contributed by atoms with Crippen LogP contribution in [0.3, 0.4) is 0 Å². The first kappa shape index (κ1) is 33.6. The molecule has 2 aromatic carbocycles. The summed E-state index contributed by atoms with van der Waals surface area (Å²) in [4.78, 5) is 0. The maximum Gasteiger partial charge on any atom is 0.491 e. The summed E-state index contributed by atoms with van der Waals surface area (Å²) >= 11 is 0. The summed E-state index contributed by atoms with van der Waals surface area (Å²) in [5.41, 5.74) is -1.09. The zero-order valence-corrected chi connectivity index (χ0v) is 26.6. The Labute approximate surface area is 247 Å². The highest BCUT2D eigenvalue weighted by atomic mass is 16.6. The molecule has 0 radical (unpaired) electrons. The summed E-state index contributed by atoms with van der Waals surface area (Å²) in [6, 6.07) is 11.6. The van der Waals surface area contributed by atoms with Crippen LogP contribution in [0.4, 0.5) is 0 Å². The first-order valence-electron chi connectivity index (χ1n) is 15.1. The minimum atomic E-state index is -1.21. The third-order valence-electron chi connectivity index (χ3n) is 8.98. The Bertz CT molecular complexity index is 1210. The highest BCUT2D eigenvalue weighted by molar-refractivity contribution is 6.61. The molecule has 0 aliphatic carbocycles. The smallest absolute Gasteiger partial charge is 0.423 e. The van der Waals surface area contributed by atoms with Gasteiger partial charge in [0.05, 0.1) is 22.4 Å². The van der Waals surface area contributed by atoms with E-state index in [1.54, 1.807) is 55.4 Å². The summed E-state index contributed by atoms with van der Waals surface area (Å²) in [5.74, 6) is 0. The molecule has 7 nitrogen and oxygen atoms in total. The molecule has 0 amide bonds. The summed E-state index contributed by atoms with van der Waals surface area (Å²) in [6.07, 6.45) is 7.02. The maximum atomic E-state index is 11.0. The number of benzene rings is 2. The van der Waals surface area contributed by atoms with Gasteiger partial charge in [-0.15, -0.1) is 0 Å². The van der Waals surface area contributed by atoms with Gasteiger partial charge >= 0.3 is 14.2 Å². The maximum absolute atomic E-state index is 11.0. The lowest BCUT2D eigenvalue weighted by molar-refractivity contribution is -0.0982. The van der Waals surface area contributed by atoms with E-state index < -0.39 is 36.6 Å². The van der Waals surface area contributed by atoms with Gasteiger partial charge in [0.2, 0.25) is 0 Å². The van der Waals surface area contributed by atoms with Crippen LogP contribution in [0, 0.1) is 0 Å². The van der Waals surface area contributed by atoms with Crippen molar-refractivity contribution in [2.75, 3.05) is 0 Å². The molecule has 0 saturated heterocycles. The highest BCUT2D eigenvalue weighted by Gasteiger charge is 2.40. The zero-order valence-electron chi connectivity index (χ0n) is 26.6. The van der Waals surface area contributed by atoms with Gasteiger partial charge in [0.15, 0.2) is 0 Å². The van der Waals surface area contributed by atoms with Crippen LogP contribution in [-0.2, 0) is 15.9 Å². The van der Waals surface area contributed by atoms with Gasteiger partial charge < -0.3 is 34.1 Å². The molecule has 0 unspecified atom stereocenters. The summed E-state index contributed by atoms with van der Waals surface area (Å²) in [7, 11) is -2.42. The minimum absolute atomic E-state index is 0.609. The Morgan fingerprint density at radius 1 is 0.634 bits per heavy atom. The van der Waals surface area contributed by atoms with E-state index in [1.807, 2.05) is 36.4 Å². The Morgan fingerprint density at radius 3 is 1.41 bits per heavy atom. The van der Waals surface area contributed by atoms with Crippen LogP contribution in [-0.4, -0.2) is 61.5 Å². The molecule has 1 heterocycles. The number of aryl methyl sites for hydroxylation is 1. The van der Waals surface area contributed by atoms with E-state index in [1.165, 1.54) is 25.7 Å². The molecular weight excluding hydrogens is 516 g/mol. The van der Waals surface area contributed by atoms with Crippen LogP contribution in [0.1, 0.15) is 101 Å². The van der Waals surface area contributed by atoms with Gasteiger partial charge in [-0.1, -0.05) is 63.3 Å². The topological polar surface area (TPSA) is 104 Å². The second kappa shape index (κ2) is 12.8. The van der Waals surface area contributed by atoms with Gasteiger partial charge in [-0.25, -0.2) is 0 Å². The average molecular weight is 567 g/mol. The van der Waals surface area contributed by atoms with Crippen molar-refractivity contribution in [2.24, 2.45) is 0 Å². The number of hydrogen-bond acceptors (Lipinski definition) is 6. The fraction of sp³-hybridized carbons (Fsp3) is 0.625. The van der Waals surface area contributed by atoms with E-state index >= 15 is 0 Å². The number of fused-ring (bicyclic) bond motifs is 3. The molecular formula is C32H51B2NO6. The lowest BCUT2D eigenvalue weighted by atomic mass is 9.76. The van der Waals surface area contributed by atoms with Crippen LogP contribution >= 0.6 is 0 Å². The zero-order chi connectivity index (χ0) is 30.8. The summed E-state index contributed by atoms with van der Waals surface area (Å²) in [5, 5.41) is 45.2. The third kappa shape index (κ3) is 7.75. The molecule has 3 aromatic rings. The Balaban J connectivity index is 2.03. The van der Waals surface area contributed by atoms with Crippen molar-refractivity contribution in [3.05, 3.63) is 36.4 Å². The van der Waals surface area contributed by atoms with Crippen LogP contribution < -0.4 is 10.9 Å². The number of hydrogen-bond donors (Lipinski definition) is 4. The first-order chi connectivity index (χ1) is 18.9. The molecule has 3 rings (SSSR count). The predicted octanol–water partition coefficient (Wildman–Crippen LogP) is 4.66. The van der Waals surface area contributed by atoms with Gasteiger partial charge in [0.25, 0.3) is 0 Å². The van der Waals surface area contributed by atoms with Crippen molar-refractivity contribution in [3.8, 4) is 0 Å². The molecule has 9 heteroatoms. The normalized spacial score (nSPS) is 13.4. The van der Waals surface area contributed by atoms with Crippen LogP contribution in [0.2, 0.25) is 0 Å². The van der Waals surface area contributed by atoms with Crippen LogP contribution in [0.5, 0.6) is 0 Å². The van der Waals surface area contributed by atoms with Crippen LogP contribution in [0.15, 0.2) is 36.4 Å². The molecule has 0 fully saturated rings. The van der Waals surface area contributed by atoms with E-state index in [0.717, 1.165) is 41.2 Å². The SMILES string of the molecule is CCCCCCCCn1c2cc(B(O)OC(C)(C)C(C)(C)O)ccc2c2ccc(B(O)OC(C)(C)C(C)(C)O)cc21. The quantitative estimate of drug-likeness (QED) is 0.157. The second-order valence-electron chi connectivity index (χ2n) is 13.6. The fourth-order valence-corrected chi connectivity index (χ4v) is 4.71. The molecule has 0 aliphatic rings. The molecule has 0 saturated carbocycles. The van der Waals surface area contributed by atoms with Crippen molar-refractivity contribution >= 4 is 47.0 Å². The van der Waals surface area contributed by atoms with Gasteiger partial charge in [0, 0.05) is 28.4 Å². The van der Waals surface area contributed by atoms with Crippen molar-refractivity contribution in [1.29, 1.82) is 0 Å². The Kier molecular flexibility index (Phi) is 10.5. The van der Waals surface area contributed by atoms with E-state index in [0.29, 0.717) is 10.9 Å². The summed E-state index contributed by atoms with van der Waals surface area (Å²) in [6.45, 7) is 16.7. The molecule has 0 spiro atoms. The van der Waals surface area contributed by atoms with E-state index in [-0.39, 0.29) is 0 Å². The standard InChI is InChI=1S/C32H51B2NO6/c1-10-11-12-13-14-15-20-35-27-21-23(33(38)40-31(6,7)29(2,3)36)16-18-25(27)26-19-17-24(22-28(26)35)34(39)41-32(8,9)30(4,5)37/h16-19,21-22,36-39H,10-15,20H2,1-9H3. The first-order valence-corrected chi connectivity index (χ1v) is 15.1. The molecule has 0 atom stereocenters. The van der Waals surface area contributed by atoms with Gasteiger partial charge in [-0.2, -0.15) is 0 Å². The average Bonchev–Trinajstić information content (AvgIpc) is 3.16. The lowest BCUT2D eigenvalue weighted by Gasteiger charge is -2.38. The predicted molar refractivity (Wildman–Crippen MR) is 171 cm³/mol. The molecule has 0 bridgehead atoms. The van der Waals surface area contributed by atoms with E-state index in [4.69, 9.17) is 9.31 Å². The number of nitrogens with zero attached hydrogens (tertiary/aromatic N) is 1. The monoisotopic (exact) mass is 567 g/mol. The van der Waals surface area contributed by atoms with Crippen molar-refractivity contribution in [3.63, 3.8) is 0 Å². The van der Waals surface area contributed by atoms with Crippen molar-refractivity contribution in [1.82, 2.24) is 4.57 Å². The third-order valence-corrected chi connectivity index (χ3v) is 8.98. The number of aromatic nitrogens is 1.